The van der Waals surface area contributed by atoms with Gasteiger partial charge in [-0.2, -0.15) is 0 Å². The molecule has 0 aliphatic carbocycles. The summed E-state index contributed by atoms with van der Waals surface area (Å²) in [6, 6.07) is 15.1. The minimum Gasteiger partial charge on any atom is -0.411 e. The van der Waals surface area contributed by atoms with E-state index in [-0.39, 0.29) is 0 Å². The molecule has 2 aromatic rings. The molecule has 0 aromatic heterocycles. The van der Waals surface area contributed by atoms with Gasteiger partial charge in [0.15, 0.2) is 0 Å². The van der Waals surface area contributed by atoms with Crippen LogP contribution in [0.25, 0.3) is 10.8 Å². The van der Waals surface area contributed by atoms with Gasteiger partial charge < -0.3 is 5.21 Å². The van der Waals surface area contributed by atoms with E-state index in [1.54, 1.807) is 0 Å². The van der Waals surface area contributed by atoms with E-state index in [1.807, 2.05) is 0 Å². The minimum atomic E-state index is 0.388. The molecule has 1 atom stereocenters. The van der Waals surface area contributed by atoms with Gasteiger partial charge in [-0.3, -0.25) is 4.90 Å². The van der Waals surface area contributed by atoms with Crippen molar-refractivity contribution in [2.45, 2.75) is 26.3 Å². The molecule has 0 radical (unpaired) electrons. The molecule has 1 fully saturated rings. The molecule has 110 valence electrons. The molecule has 3 rings (SSSR count). The first-order valence-corrected chi connectivity index (χ1v) is 7.71. The summed E-state index contributed by atoms with van der Waals surface area (Å²) in [5.74, 6) is 0.388. The number of piperidine rings is 1. The number of hydrogen-bond acceptors (Lipinski definition) is 3. The van der Waals surface area contributed by atoms with E-state index in [2.05, 4.69) is 59.4 Å². The summed E-state index contributed by atoms with van der Waals surface area (Å²) in [4.78, 5) is 2.48. The van der Waals surface area contributed by atoms with Crippen molar-refractivity contribution >= 4 is 16.5 Å². The van der Waals surface area contributed by atoms with Crippen molar-refractivity contribution in [2.75, 3.05) is 13.1 Å². The van der Waals surface area contributed by atoms with Crippen LogP contribution in [-0.4, -0.2) is 28.9 Å². The number of rotatable bonds is 3. The van der Waals surface area contributed by atoms with Crippen LogP contribution in [0.2, 0.25) is 0 Å². The molecule has 3 nitrogen and oxygen atoms in total. The van der Waals surface area contributed by atoms with Crippen molar-refractivity contribution in [2.24, 2.45) is 11.1 Å². The summed E-state index contributed by atoms with van der Waals surface area (Å²) in [5, 5.41) is 15.2. The van der Waals surface area contributed by atoms with Gasteiger partial charge in [0, 0.05) is 32.0 Å². The Balaban J connectivity index is 1.80. The Labute approximate surface area is 125 Å². The van der Waals surface area contributed by atoms with Crippen molar-refractivity contribution in [1.82, 2.24) is 4.90 Å². The van der Waals surface area contributed by atoms with Crippen molar-refractivity contribution < 1.29 is 5.21 Å². The molecule has 1 unspecified atom stereocenters. The topological polar surface area (TPSA) is 35.8 Å². The fourth-order valence-corrected chi connectivity index (χ4v) is 3.30. The predicted octanol–water partition coefficient (Wildman–Crippen LogP) is 3.90. The average molecular weight is 282 g/mol. The standard InChI is InChI=1S/C18H22N2O/c1-2-14-12-20(11-10-18(14)19-21)13-16-8-5-7-15-6-3-4-9-17(15)16/h3-9,14,21H,2,10-13H2,1H3/b19-18+. The molecule has 1 heterocycles. The molecule has 0 bridgehead atoms. The number of fused-ring (bicyclic) bond motifs is 1. The SMILES string of the molecule is CCC1CN(Cc2cccc3ccccc23)CC/C1=N\O. The van der Waals surface area contributed by atoms with Crippen LogP contribution in [0.4, 0.5) is 0 Å². The van der Waals surface area contributed by atoms with Crippen molar-refractivity contribution in [3.8, 4) is 0 Å². The Morgan fingerprint density at radius 3 is 2.81 bits per heavy atom. The van der Waals surface area contributed by atoms with Crippen LogP contribution < -0.4 is 0 Å². The van der Waals surface area contributed by atoms with Crippen LogP contribution in [0, 0.1) is 5.92 Å². The molecule has 3 heteroatoms. The summed E-state index contributed by atoms with van der Waals surface area (Å²) >= 11 is 0. The predicted molar refractivity (Wildman–Crippen MR) is 86.8 cm³/mol. The first-order valence-electron chi connectivity index (χ1n) is 7.71. The molecule has 2 aromatic carbocycles. The molecule has 1 N–H and O–H groups in total. The lowest BCUT2D eigenvalue weighted by Gasteiger charge is -2.33. The molecule has 1 aliphatic heterocycles. The minimum absolute atomic E-state index is 0.388. The fraction of sp³-hybridized carbons (Fsp3) is 0.389. The first kappa shape index (κ1) is 14.1. The molecule has 0 amide bonds. The third kappa shape index (κ3) is 2.93. The molecular weight excluding hydrogens is 260 g/mol. The fourth-order valence-electron chi connectivity index (χ4n) is 3.30. The van der Waals surface area contributed by atoms with Gasteiger partial charge in [0.25, 0.3) is 0 Å². The zero-order valence-electron chi connectivity index (χ0n) is 12.5. The molecule has 0 spiro atoms. The van der Waals surface area contributed by atoms with Crippen LogP contribution in [0.1, 0.15) is 25.3 Å². The van der Waals surface area contributed by atoms with E-state index in [4.69, 9.17) is 5.21 Å². The van der Waals surface area contributed by atoms with Gasteiger partial charge in [-0.05, 0) is 22.8 Å². The van der Waals surface area contributed by atoms with Gasteiger partial charge >= 0.3 is 0 Å². The van der Waals surface area contributed by atoms with E-state index in [9.17, 15) is 0 Å². The second-order valence-electron chi connectivity index (χ2n) is 5.82. The van der Waals surface area contributed by atoms with E-state index in [1.165, 1.54) is 16.3 Å². The van der Waals surface area contributed by atoms with Crippen LogP contribution in [0.15, 0.2) is 47.6 Å². The third-order valence-electron chi connectivity index (χ3n) is 4.53. The van der Waals surface area contributed by atoms with Gasteiger partial charge in [-0.1, -0.05) is 54.5 Å². The summed E-state index contributed by atoms with van der Waals surface area (Å²) < 4.78 is 0. The average Bonchev–Trinajstić information content (AvgIpc) is 2.55. The van der Waals surface area contributed by atoms with Crippen molar-refractivity contribution in [3.63, 3.8) is 0 Å². The molecule has 1 saturated heterocycles. The van der Waals surface area contributed by atoms with Crippen LogP contribution in [0.5, 0.6) is 0 Å². The van der Waals surface area contributed by atoms with Crippen molar-refractivity contribution in [3.05, 3.63) is 48.0 Å². The third-order valence-corrected chi connectivity index (χ3v) is 4.53. The molecule has 21 heavy (non-hydrogen) atoms. The van der Waals surface area contributed by atoms with E-state index >= 15 is 0 Å². The van der Waals surface area contributed by atoms with Gasteiger partial charge in [0.1, 0.15) is 0 Å². The summed E-state index contributed by atoms with van der Waals surface area (Å²) in [6.45, 7) is 5.09. The van der Waals surface area contributed by atoms with Crippen LogP contribution in [-0.2, 0) is 6.54 Å². The van der Waals surface area contributed by atoms with Gasteiger partial charge in [0.2, 0.25) is 0 Å². The highest BCUT2D eigenvalue weighted by atomic mass is 16.4. The van der Waals surface area contributed by atoms with Gasteiger partial charge in [0.05, 0.1) is 5.71 Å². The zero-order valence-corrected chi connectivity index (χ0v) is 12.5. The maximum absolute atomic E-state index is 9.08. The summed E-state index contributed by atoms with van der Waals surface area (Å²) in [5.41, 5.74) is 2.35. The molecule has 1 aliphatic rings. The lowest BCUT2D eigenvalue weighted by molar-refractivity contribution is 0.221. The van der Waals surface area contributed by atoms with Crippen molar-refractivity contribution in [1.29, 1.82) is 0 Å². The summed E-state index contributed by atoms with van der Waals surface area (Å²) in [6.07, 6.45) is 1.91. The van der Waals surface area contributed by atoms with E-state index in [0.29, 0.717) is 5.92 Å². The Hall–Kier alpha value is -1.87. The van der Waals surface area contributed by atoms with Crippen LogP contribution >= 0.6 is 0 Å². The molecule has 0 saturated carbocycles. The lowest BCUT2D eigenvalue weighted by atomic mass is 9.92. The second-order valence-corrected chi connectivity index (χ2v) is 5.82. The van der Waals surface area contributed by atoms with Crippen LogP contribution in [0.3, 0.4) is 0 Å². The maximum Gasteiger partial charge on any atom is 0.0627 e. The normalized spacial score (nSPS) is 22.0. The Kier molecular flexibility index (Phi) is 4.20. The first-order chi connectivity index (χ1) is 10.3. The van der Waals surface area contributed by atoms with E-state index < -0.39 is 0 Å². The Morgan fingerprint density at radius 1 is 1.19 bits per heavy atom. The number of oxime groups is 1. The Bertz CT molecular complexity index is 645. The smallest absolute Gasteiger partial charge is 0.0627 e. The molecular formula is C18H22N2O. The number of hydrogen-bond donors (Lipinski definition) is 1. The highest BCUT2D eigenvalue weighted by molar-refractivity contribution is 5.87. The quantitative estimate of drug-likeness (QED) is 0.684. The number of benzene rings is 2. The Morgan fingerprint density at radius 2 is 2.00 bits per heavy atom. The maximum atomic E-state index is 9.08. The van der Waals surface area contributed by atoms with E-state index in [0.717, 1.165) is 38.2 Å². The second kappa shape index (κ2) is 6.27. The van der Waals surface area contributed by atoms with Gasteiger partial charge in [-0.15, -0.1) is 0 Å². The highest BCUT2D eigenvalue weighted by Gasteiger charge is 2.24. The largest absolute Gasteiger partial charge is 0.411 e. The lowest BCUT2D eigenvalue weighted by Crippen LogP contribution is -2.40. The highest BCUT2D eigenvalue weighted by Crippen LogP contribution is 2.23. The van der Waals surface area contributed by atoms with Gasteiger partial charge in [-0.25, -0.2) is 0 Å². The number of nitrogens with zero attached hydrogens (tertiary/aromatic N) is 2. The summed E-state index contributed by atoms with van der Waals surface area (Å²) in [7, 11) is 0. The monoisotopic (exact) mass is 282 g/mol. The zero-order chi connectivity index (χ0) is 14.7. The number of likely N-dealkylation sites (tertiary alicyclic amines) is 1.